The maximum atomic E-state index is 11.5. The summed E-state index contributed by atoms with van der Waals surface area (Å²) in [5.74, 6) is -0.206. The molecule has 1 fully saturated rings. The fraction of sp³-hybridized carbons (Fsp3) is 0.385. The third-order valence-corrected chi connectivity index (χ3v) is 3.50. The van der Waals surface area contributed by atoms with Gasteiger partial charge in [-0.1, -0.05) is 6.07 Å². The number of benzene rings is 1. The molecule has 0 amide bonds. The van der Waals surface area contributed by atoms with Crippen LogP contribution in [0.15, 0.2) is 24.5 Å². The summed E-state index contributed by atoms with van der Waals surface area (Å²) < 4.78 is 10.1. The Bertz CT molecular complexity index is 587. The molecule has 0 atom stereocenters. The molecule has 1 aromatic heterocycles. The highest BCUT2D eigenvalue weighted by Crippen LogP contribution is 2.37. The minimum atomic E-state index is -0.244. The maximum Gasteiger partial charge on any atom is 0.306 e. The molecule has 0 unspecified atom stereocenters. The molecule has 18 heavy (non-hydrogen) atoms. The van der Waals surface area contributed by atoms with E-state index in [1.54, 1.807) is 6.33 Å². The van der Waals surface area contributed by atoms with Crippen molar-refractivity contribution in [2.24, 2.45) is 0 Å². The third kappa shape index (κ3) is 1.67. The average molecular weight is 246 g/mol. The van der Waals surface area contributed by atoms with E-state index >= 15 is 0 Å². The number of nitrogens with zero attached hydrogens (tertiary/aromatic N) is 1. The summed E-state index contributed by atoms with van der Waals surface area (Å²) in [6, 6.07) is 6.00. The number of aromatic nitrogens is 2. The number of nitrogens with one attached hydrogen (secondary N) is 1. The fourth-order valence-corrected chi connectivity index (χ4v) is 2.33. The summed E-state index contributed by atoms with van der Waals surface area (Å²) in [6.45, 7) is 1.11. The largest absolute Gasteiger partial charge is 0.469 e. The zero-order chi connectivity index (χ0) is 12.6. The second-order valence-electron chi connectivity index (χ2n) is 4.66. The van der Waals surface area contributed by atoms with Crippen LogP contribution < -0.4 is 0 Å². The summed E-state index contributed by atoms with van der Waals surface area (Å²) in [5.41, 5.74) is 2.75. The Kier molecular flexibility index (Phi) is 2.56. The maximum absolute atomic E-state index is 11.5. The van der Waals surface area contributed by atoms with Gasteiger partial charge in [0, 0.05) is 0 Å². The molecule has 0 radical (unpaired) electrons. The molecule has 5 nitrogen and oxygen atoms in total. The standard InChI is InChI=1S/C13H14N2O3/c1-17-12(16)5-13(6-18-7-13)9-2-3-10-11(4-9)15-8-14-10/h2-4,8H,5-7H2,1H3,(H,14,15). The van der Waals surface area contributed by atoms with Crippen molar-refractivity contribution in [2.45, 2.75) is 11.8 Å². The molecule has 2 heterocycles. The number of ether oxygens (including phenoxy) is 2. The molecule has 1 saturated heterocycles. The van der Waals surface area contributed by atoms with Crippen molar-refractivity contribution in [3.05, 3.63) is 30.1 Å². The Labute approximate surface area is 104 Å². The van der Waals surface area contributed by atoms with Gasteiger partial charge in [-0.25, -0.2) is 4.98 Å². The summed E-state index contributed by atoms with van der Waals surface area (Å²) in [4.78, 5) is 18.8. The van der Waals surface area contributed by atoms with Gasteiger partial charge >= 0.3 is 5.97 Å². The van der Waals surface area contributed by atoms with E-state index in [9.17, 15) is 4.79 Å². The highest BCUT2D eigenvalue weighted by molar-refractivity contribution is 5.77. The van der Waals surface area contributed by atoms with Gasteiger partial charge in [-0.05, 0) is 17.7 Å². The molecule has 3 rings (SSSR count). The second kappa shape index (κ2) is 4.10. The van der Waals surface area contributed by atoms with Gasteiger partial charge in [0.05, 0.1) is 49.5 Å². The van der Waals surface area contributed by atoms with Crippen LogP contribution >= 0.6 is 0 Å². The summed E-state index contributed by atoms with van der Waals surface area (Å²) in [6.07, 6.45) is 2.02. The van der Waals surface area contributed by atoms with Crippen molar-refractivity contribution in [2.75, 3.05) is 20.3 Å². The van der Waals surface area contributed by atoms with Gasteiger partial charge in [0.1, 0.15) is 0 Å². The Morgan fingerprint density at radius 2 is 2.39 bits per heavy atom. The lowest BCUT2D eigenvalue weighted by atomic mass is 9.76. The Morgan fingerprint density at radius 1 is 1.56 bits per heavy atom. The number of fused-ring (bicyclic) bond motifs is 1. The number of H-pyrrole nitrogens is 1. The number of hydrogen-bond donors (Lipinski definition) is 1. The monoisotopic (exact) mass is 246 g/mol. The average Bonchev–Trinajstić information content (AvgIpc) is 2.80. The minimum Gasteiger partial charge on any atom is -0.469 e. The molecule has 5 heteroatoms. The number of rotatable bonds is 3. The first-order valence-electron chi connectivity index (χ1n) is 5.82. The molecule has 0 saturated carbocycles. The number of carbonyl (C=O) groups is 1. The van der Waals surface area contributed by atoms with Crippen LogP contribution in [0.4, 0.5) is 0 Å². The first-order chi connectivity index (χ1) is 8.73. The van der Waals surface area contributed by atoms with Gasteiger partial charge in [-0.2, -0.15) is 0 Å². The number of methoxy groups -OCH3 is 1. The van der Waals surface area contributed by atoms with E-state index < -0.39 is 0 Å². The first-order valence-corrected chi connectivity index (χ1v) is 5.82. The smallest absolute Gasteiger partial charge is 0.306 e. The summed E-state index contributed by atoms with van der Waals surface area (Å²) in [7, 11) is 1.41. The van der Waals surface area contributed by atoms with Crippen LogP contribution in [0.3, 0.4) is 0 Å². The van der Waals surface area contributed by atoms with E-state index in [4.69, 9.17) is 9.47 Å². The van der Waals surface area contributed by atoms with Crippen LogP contribution in [0, 0.1) is 0 Å². The molecule has 2 aromatic rings. The van der Waals surface area contributed by atoms with Gasteiger partial charge in [0.2, 0.25) is 0 Å². The van der Waals surface area contributed by atoms with E-state index in [1.165, 1.54) is 7.11 Å². The van der Waals surface area contributed by atoms with Crippen molar-refractivity contribution >= 4 is 17.0 Å². The molecule has 0 spiro atoms. The van der Waals surface area contributed by atoms with Crippen LogP contribution in [0.1, 0.15) is 12.0 Å². The van der Waals surface area contributed by atoms with Gasteiger partial charge in [0.25, 0.3) is 0 Å². The van der Waals surface area contributed by atoms with Gasteiger partial charge in [-0.15, -0.1) is 0 Å². The molecule has 94 valence electrons. The molecule has 1 aliphatic heterocycles. The van der Waals surface area contributed by atoms with Crippen molar-refractivity contribution in [1.29, 1.82) is 0 Å². The number of carbonyl (C=O) groups excluding carboxylic acids is 1. The molecule has 1 aliphatic rings. The molecule has 1 N–H and O–H groups in total. The predicted octanol–water partition coefficient (Wildman–Crippen LogP) is 1.39. The van der Waals surface area contributed by atoms with Gasteiger partial charge in [0.15, 0.2) is 0 Å². The molecular formula is C13H14N2O3. The van der Waals surface area contributed by atoms with E-state index in [0.29, 0.717) is 19.6 Å². The van der Waals surface area contributed by atoms with E-state index in [1.807, 2.05) is 18.2 Å². The molecule has 0 bridgehead atoms. The van der Waals surface area contributed by atoms with Crippen molar-refractivity contribution in [1.82, 2.24) is 9.97 Å². The zero-order valence-electron chi connectivity index (χ0n) is 10.1. The van der Waals surface area contributed by atoms with E-state index in [-0.39, 0.29) is 11.4 Å². The Hall–Kier alpha value is -1.88. The number of hydrogen-bond acceptors (Lipinski definition) is 4. The number of esters is 1. The molecule has 1 aromatic carbocycles. The topological polar surface area (TPSA) is 64.2 Å². The highest BCUT2D eigenvalue weighted by atomic mass is 16.5. The molecule has 0 aliphatic carbocycles. The van der Waals surface area contributed by atoms with Crippen molar-refractivity contribution in [3.8, 4) is 0 Å². The second-order valence-corrected chi connectivity index (χ2v) is 4.66. The Morgan fingerprint density at radius 3 is 3.06 bits per heavy atom. The normalized spacial score (nSPS) is 17.4. The lowest BCUT2D eigenvalue weighted by molar-refractivity contribution is -0.148. The highest BCUT2D eigenvalue weighted by Gasteiger charge is 2.42. The van der Waals surface area contributed by atoms with Crippen LogP contribution in [0.5, 0.6) is 0 Å². The van der Waals surface area contributed by atoms with Crippen LogP contribution in [-0.4, -0.2) is 36.3 Å². The predicted molar refractivity (Wildman–Crippen MR) is 65.2 cm³/mol. The quantitative estimate of drug-likeness (QED) is 0.831. The van der Waals surface area contributed by atoms with Gasteiger partial charge < -0.3 is 14.5 Å². The van der Waals surface area contributed by atoms with E-state index in [0.717, 1.165) is 16.6 Å². The first kappa shape index (κ1) is 11.2. The Balaban J connectivity index is 1.97. The SMILES string of the molecule is COC(=O)CC1(c2ccc3nc[nH]c3c2)COC1. The zero-order valence-corrected chi connectivity index (χ0v) is 10.1. The van der Waals surface area contributed by atoms with Crippen molar-refractivity contribution in [3.63, 3.8) is 0 Å². The van der Waals surface area contributed by atoms with Crippen molar-refractivity contribution < 1.29 is 14.3 Å². The third-order valence-electron chi connectivity index (χ3n) is 3.50. The van der Waals surface area contributed by atoms with Crippen LogP contribution in [-0.2, 0) is 19.7 Å². The van der Waals surface area contributed by atoms with E-state index in [2.05, 4.69) is 9.97 Å². The minimum absolute atomic E-state index is 0.206. The lowest BCUT2D eigenvalue weighted by Gasteiger charge is -2.41. The molecular weight excluding hydrogens is 232 g/mol. The summed E-state index contributed by atoms with van der Waals surface area (Å²) >= 11 is 0. The van der Waals surface area contributed by atoms with Crippen LogP contribution in [0.25, 0.3) is 11.0 Å². The summed E-state index contributed by atoms with van der Waals surface area (Å²) in [5, 5.41) is 0. The van der Waals surface area contributed by atoms with Crippen LogP contribution in [0.2, 0.25) is 0 Å². The number of aromatic amines is 1. The fourth-order valence-electron chi connectivity index (χ4n) is 2.33. The lowest BCUT2D eigenvalue weighted by Crippen LogP contribution is -2.48. The number of imidazole rings is 1. The van der Waals surface area contributed by atoms with Gasteiger partial charge in [-0.3, -0.25) is 4.79 Å².